The second kappa shape index (κ2) is 6.32. The Morgan fingerprint density at radius 1 is 1.42 bits per heavy atom. The quantitative estimate of drug-likeness (QED) is 0.912. The summed E-state index contributed by atoms with van der Waals surface area (Å²) in [6, 6.07) is 1.32. The molecule has 0 amide bonds. The van der Waals surface area contributed by atoms with E-state index in [2.05, 4.69) is 22.0 Å². The van der Waals surface area contributed by atoms with Crippen molar-refractivity contribution in [2.45, 2.75) is 32.2 Å². The molecule has 19 heavy (non-hydrogen) atoms. The van der Waals surface area contributed by atoms with Gasteiger partial charge in [0.05, 0.1) is 16.1 Å². The van der Waals surface area contributed by atoms with Crippen molar-refractivity contribution in [3.63, 3.8) is 0 Å². The first-order valence-corrected chi connectivity index (χ1v) is 6.78. The van der Waals surface area contributed by atoms with Crippen molar-refractivity contribution in [1.82, 2.24) is 15.1 Å². The van der Waals surface area contributed by atoms with Gasteiger partial charge in [-0.2, -0.15) is 4.98 Å². The van der Waals surface area contributed by atoms with Crippen LogP contribution in [0.4, 0.5) is 0 Å². The molecule has 5 nitrogen and oxygen atoms in total. The van der Waals surface area contributed by atoms with Gasteiger partial charge in [-0.15, -0.1) is 0 Å². The number of hydrogen-bond acceptors (Lipinski definition) is 5. The third-order valence-corrected chi connectivity index (χ3v) is 3.14. The molecule has 1 atom stereocenters. The van der Waals surface area contributed by atoms with Gasteiger partial charge in [-0.1, -0.05) is 48.1 Å². The van der Waals surface area contributed by atoms with Crippen LogP contribution in [0.5, 0.6) is 0 Å². The Bertz CT molecular complexity index is 558. The molecule has 0 aliphatic rings. The summed E-state index contributed by atoms with van der Waals surface area (Å²) in [6.45, 7) is 2.10. The van der Waals surface area contributed by atoms with Gasteiger partial charge in [0, 0.05) is 6.20 Å². The van der Waals surface area contributed by atoms with Crippen LogP contribution < -0.4 is 5.73 Å². The molecule has 2 heterocycles. The van der Waals surface area contributed by atoms with E-state index in [1.54, 1.807) is 6.07 Å². The summed E-state index contributed by atoms with van der Waals surface area (Å²) in [4.78, 5) is 8.32. The van der Waals surface area contributed by atoms with E-state index >= 15 is 0 Å². The van der Waals surface area contributed by atoms with Crippen molar-refractivity contribution in [2.24, 2.45) is 5.73 Å². The van der Waals surface area contributed by atoms with Crippen molar-refractivity contribution < 1.29 is 4.52 Å². The Hall–Kier alpha value is -1.17. The van der Waals surface area contributed by atoms with E-state index in [0.717, 1.165) is 19.3 Å². The number of aromatic nitrogens is 3. The standard InChI is InChI=1S/C12H14Cl2N4O/c1-2-3-4-9(15)12-17-11(18-19-12)10-8(14)5-7(13)6-16-10/h5-6,9H,2-4,15H2,1H3. The van der Waals surface area contributed by atoms with Crippen molar-refractivity contribution in [2.75, 3.05) is 0 Å². The lowest BCUT2D eigenvalue weighted by atomic mass is 10.1. The minimum absolute atomic E-state index is 0.257. The van der Waals surface area contributed by atoms with Gasteiger partial charge in [-0.3, -0.25) is 0 Å². The van der Waals surface area contributed by atoms with Crippen molar-refractivity contribution >= 4 is 23.2 Å². The SMILES string of the molecule is CCCCC(N)c1nc(-c2ncc(Cl)cc2Cl)no1. The molecule has 1 unspecified atom stereocenters. The molecule has 0 radical (unpaired) electrons. The fourth-order valence-electron chi connectivity index (χ4n) is 1.61. The second-order valence-electron chi connectivity index (χ2n) is 4.19. The summed E-state index contributed by atoms with van der Waals surface area (Å²) in [5.74, 6) is 0.722. The van der Waals surface area contributed by atoms with Crippen LogP contribution in [0.15, 0.2) is 16.8 Å². The molecular formula is C12H14Cl2N4O. The number of pyridine rings is 1. The van der Waals surface area contributed by atoms with Crippen molar-refractivity contribution in [1.29, 1.82) is 0 Å². The molecule has 7 heteroatoms. The molecule has 0 aliphatic carbocycles. The molecular weight excluding hydrogens is 287 g/mol. The van der Waals surface area contributed by atoms with Crippen LogP contribution >= 0.6 is 23.2 Å². The number of halogens is 2. The molecule has 2 aromatic rings. The summed E-state index contributed by atoms with van der Waals surface area (Å²) in [5, 5.41) is 4.68. The van der Waals surface area contributed by atoms with Crippen molar-refractivity contribution in [3.8, 4) is 11.5 Å². The monoisotopic (exact) mass is 300 g/mol. The fraction of sp³-hybridized carbons (Fsp3) is 0.417. The molecule has 0 fully saturated rings. The van der Waals surface area contributed by atoms with E-state index < -0.39 is 0 Å². The molecule has 0 aromatic carbocycles. The highest BCUT2D eigenvalue weighted by Crippen LogP contribution is 2.27. The molecule has 0 saturated heterocycles. The molecule has 2 N–H and O–H groups in total. The Morgan fingerprint density at radius 2 is 2.21 bits per heavy atom. The summed E-state index contributed by atoms with van der Waals surface area (Å²) < 4.78 is 5.15. The summed E-state index contributed by atoms with van der Waals surface area (Å²) in [7, 11) is 0. The minimum Gasteiger partial charge on any atom is -0.337 e. The minimum atomic E-state index is -0.257. The van der Waals surface area contributed by atoms with E-state index in [1.807, 2.05) is 0 Å². The van der Waals surface area contributed by atoms with Crippen LogP contribution in [0.1, 0.15) is 38.1 Å². The van der Waals surface area contributed by atoms with Crippen LogP contribution in [0.25, 0.3) is 11.5 Å². The number of nitrogens with zero attached hydrogens (tertiary/aromatic N) is 3. The van der Waals surface area contributed by atoms with E-state index in [4.69, 9.17) is 33.5 Å². The second-order valence-corrected chi connectivity index (χ2v) is 5.03. The van der Waals surface area contributed by atoms with Crippen LogP contribution in [0.3, 0.4) is 0 Å². The predicted octanol–water partition coefficient (Wildman–Crippen LogP) is 3.63. The summed E-state index contributed by atoms with van der Waals surface area (Å²) in [5.41, 5.74) is 6.40. The largest absolute Gasteiger partial charge is 0.337 e. The zero-order valence-electron chi connectivity index (χ0n) is 10.4. The summed E-state index contributed by atoms with van der Waals surface area (Å²) >= 11 is 11.8. The predicted molar refractivity (Wildman–Crippen MR) is 74.0 cm³/mol. The van der Waals surface area contributed by atoms with Crippen LogP contribution in [0, 0.1) is 0 Å². The van der Waals surface area contributed by atoms with E-state index in [9.17, 15) is 0 Å². The number of rotatable bonds is 5. The third kappa shape index (κ3) is 3.43. The van der Waals surface area contributed by atoms with Gasteiger partial charge in [-0.25, -0.2) is 4.98 Å². The molecule has 102 valence electrons. The van der Waals surface area contributed by atoms with E-state index in [-0.39, 0.29) is 6.04 Å². The molecule has 2 rings (SSSR count). The van der Waals surface area contributed by atoms with E-state index in [1.165, 1.54) is 6.20 Å². The molecule has 0 spiro atoms. The maximum absolute atomic E-state index is 6.04. The number of hydrogen-bond donors (Lipinski definition) is 1. The normalized spacial score (nSPS) is 12.6. The first-order chi connectivity index (χ1) is 9.11. The van der Waals surface area contributed by atoms with E-state index in [0.29, 0.717) is 27.5 Å². The Kier molecular flexibility index (Phi) is 4.74. The van der Waals surface area contributed by atoms with Gasteiger partial charge in [-0.05, 0) is 12.5 Å². The average molecular weight is 301 g/mol. The lowest BCUT2D eigenvalue weighted by molar-refractivity contribution is 0.346. The lowest BCUT2D eigenvalue weighted by Crippen LogP contribution is -2.10. The zero-order valence-corrected chi connectivity index (χ0v) is 11.9. The van der Waals surface area contributed by atoms with Crippen LogP contribution in [-0.4, -0.2) is 15.1 Å². The third-order valence-electron chi connectivity index (χ3n) is 2.65. The van der Waals surface area contributed by atoms with Crippen LogP contribution in [-0.2, 0) is 0 Å². The highest BCUT2D eigenvalue weighted by Gasteiger charge is 2.17. The van der Waals surface area contributed by atoms with Gasteiger partial charge in [0.2, 0.25) is 11.7 Å². The van der Waals surface area contributed by atoms with Gasteiger partial charge in [0.15, 0.2) is 0 Å². The number of nitrogens with two attached hydrogens (primary N) is 1. The maximum Gasteiger partial charge on any atom is 0.243 e. The van der Waals surface area contributed by atoms with Crippen molar-refractivity contribution in [3.05, 3.63) is 28.2 Å². The Morgan fingerprint density at radius 3 is 2.89 bits per heavy atom. The molecule has 2 aromatic heterocycles. The lowest BCUT2D eigenvalue weighted by Gasteiger charge is -2.03. The Labute approximate surface area is 121 Å². The molecule has 0 saturated carbocycles. The zero-order chi connectivity index (χ0) is 13.8. The highest BCUT2D eigenvalue weighted by molar-refractivity contribution is 6.35. The fourth-order valence-corrected chi connectivity index (χ4v) is 2.07. The van der Waals surface area contributed by atoms with Gasteiger partial charge < -0.3 is 10.3 Å². The molecule has 0 bridgehead atoms. The first kappa shape index (κ1) is 14.2. The average Bonchev–Trinajstić information content (AvgIpc) is 2.85. The molecule has 0 aliphatic heterocycles. The Balaban J connectivity index is 2.20. The highest BCUT2D eigenvalue weighted by atomic mass is 35.5. The van der Waals surface area contributed by atoms with Gasteiger partial charge in [0.1, 0.15) is 5.69 Å². The number of unbranched alkanes of at least 4 members (excludes halogenated alkanes) is 1. The smallest absolute Gasteiger partial charge is 0.243 e. The van der Waals surface area contributed by atoms with Crippen LogP contribution in [0.2, 0.25) is 10.0 Å². The maximum atomic E-state index is 6.04. The van der Waals surface area contributed by atoms with Gasteiger partial charge in [0.25, 0.3) is 0 Å². The first-order valence-electron chi connectivity index (χ1n) is 6.02. The topological polar surface area (TPSA) is 77.8 Å². The van der Waals surface area contributed by atoms with Gasteiger partial charge >= 0.3 is 0 Å². The summed E-state index contributed by atoms with van der Waals surface area (Å²) in [6.07, 6.45) is 4.37.